The van der Waals surface area contributed by atoms with Gasteiger partial charge in [0.05, 0.1) is 12.9 Å². The maximum Gasteiger partial charge on any atom is 0.148 e. The average molecular weight is 177 g/mol. The third-order valence-electron chi connectivity index (χ3n) is 2.44. The Balaban J connectivity index is 2.23. The van der Waals surface area contributed by atoms with Crippen LogP contribution in [0.3, 0.4) is 0 Å². The van der Waals surface area contributed by atoms with Crippen molar-refractivity contribution in [2.45, 2.75) is 6.42 Å². The van der Waals surface area contributed by atoms with E-state index >= 15 is 0 Å². The Hall–Kier alpha value is -1.51. The van der Waals surface area contributed by atoms with Crippen molar-refractivity contribution in [3.8, 4) is 0 Å². The monoisotopic (exact) mass is 177 g/mol. The summed E-state index contributed by atoms with van der Waals surface area (Å²) in [5.41, 5.74) is 1.89. The fraction of sp³-hybridized carbons (Fsp3) is 0.300. The zero-order valence-corrected chi connectivity index (χ0v) is 7.41. The van der Waals surface area contributed by atoms with Gasteiger partial charge in [-0.05, 0) is 12.2 Å². The largest absolute Gasteiger partial charge is 0.501 e. The highest BCUT2D eigenvalue weighted by atomic mass is 16.5. The van der Waals surface area contributed by atoms with Gasteiger partial charge >= 0.3 is 0 Å². The highest BCUT2D eigenvalue weighted by Gasteiger charge is 2.27. The van der Waals surface area contributed by atoms with E-state index in [-0.39, 0.29) is 5.92 Å². The molecule has 0 aromatic carbocycles. The van der Waals surface area contributed by atoms with Crippen LogP contribution in [0, 0.1) is 5.92 Å². The van der Waals surface area contributed by atoms with Gasteiger partial charge in [0, 0.05) is 29.8 Å². The minimum Gasteiger partial charge on any atom is -0.501 e. The van der Waals surface area contributed by atoms with Gasteiger partial charge in [-0.25, -0.2) is 0 Å². The SMILES string of the molecule is COC1=CC=C2NC=C(C=O)C2C1. The molecule has 1 aliphatic heterocycles. The summed E-state index contributed by atoms with van der Waals surface area (Å²) in [6, 6.07) is 0. The van der Waals surface area contributed by atoms with Crippen LogP contribution in [-0.2, 0) is 9.53 Å². The van der Waals surface area contributed by atoms with Gasteiger partial charge in [-0.1, -0.05) is 0 Å². The normalized spacial score (nSPS) is 25.0. The number of methoxy groups -OCH3 is 1. The van der Waals surface area contributed by atoms with Gasteiger partial charge in [-0.2, -0.15) is 0 Å². The van der Waals surface area contributed by atoms with Gasteiger partial charge in [0.1, 0.15) is 6.29 Å². The van der Waals surface area contributed by atoms with Crippen molar-refractivity contribution in [2.75, 3.05) is 7.11 Å². The fourth-order valence-electron chi connectivity index (χ4n) is 1.66. The summed E-state index contributed by atoms with van der Waals surface area (Å²) in [6.45, 7) is 0. The summed E-state index contributed by atoms with van der Waals surface area (Å²) >= 11 is 0. The zero-order chi connectivity index (χ0) is 9.26. The lowest BCUT2D eigenvalue weighted by molar-refractivity contribution is -0.105. The molecule has 0 saturated carbocycles. The predicted molar refractivity (Wildman–Crippen MR) is 48.6 cm³/mol. The van der Waals surface area contributed by atoms with Crippen molar-refractivity contribution in [2.24, 2.45) is 5.92 Å². The van der Waals surface area contributed by atoms with E-state index in [2.05, 4.69) is 5.32 Å². The number of aldehydes is 1. The first-order valence-corrected chi connectivity index (χ1v) is 4.21. The molecule has 2 aliphatic rings. The predicted octanol–water partition coefficient (Wildman–Crippen LogP) is 1.11. The third kappa shape index (κ3) is 1.26. The number of allylic oxidation sites excluding steroid dienone is 4. The molecule has 68 valence electrons. The van der Waals surface area contributed by atoms with Crippen LogP contribution < -0.4 is 5.32 Å². The molecular weight excluding hydrogens is 166 g/mol. The Labute approximate surface area is 76.8 Å². The van der Waals surface area contributed by atoms with Crippen molar-refractivity contribution in [1.82, 2.24) is 5.32 Å². The quantitative estimate of drug-likeness (QED) is 0.642. The number of ether oxygens (including phenoxy) is 1. The Morgan fingerprint density at radius 3 is 3.15 bits per heavy atom. The van der Waals surface area contributed by atoms with E-state index in [1.165, 1.54) is 0 Å². The Morgan fingerprint density at radius 2 is 2.46 bits per heavy atom. The lowest BCUT2D eigenvalue weighted by Crippen LogP contribution is -2.13. The molecule has 0 radical (unpaired) electrons. The maximum atomic E-state index is 10.7. The number of carbonyl (C=O) groups is 1. The second-order valence-electron chi connectivity index (χ2n) is 3.12. The smallest absolute Gasteiger partial charge is 0.148 e. The molecule has 0 bridgehead atoms. The van der Waals surface area contributed by atoms with Crippen molar-refractivity contribution in [1.29, 1.82) is 0 Å². The van der Waals surface area contributed by atoms with Crippen molar-refractivity contribution >= 4 is 6.29 Å². The van der Waals surface area contributed by atoms with Gasteiger partial charge in [0.2, 0.25) is 0 Å². The molecule has 0 spiro atoms. The van der Waals surface area contributed by atoms with Crippen LogP contribution in [-0.4, -0.2) is 13.4 Å². The number of hydrogen-bond acceptors (Lipinski definition) is 3. The molecule has 2 rings (SSSR count). The minimum atomic E-state index is 0.178. The number of nitrogens with one attached hydrogen (secondary N) is 1. The topological polar surface area (TPSA) is 38.3 Å². The molecular formula is C10H11NO2. The summed E-state index contributed by atoms with van der Waals surface area (Å²) in [5.74, 6) is 1.10. The van der Waals surface area contributed by atoms with E-state index in [4.69, 9.17) is 4.74 Å². The second-order valence-corrected chi connectivity index (χ2v) is 3.12. The molecule has 3 heteroatoms. The first-order chi connectivity index (χ1) is 6.35. The lowest BCUT2D eigenvalue weighted by atomic mass is 9.92. The Bertz CT molecular complexity index is 326. The van der Waals surface area contributed by atoms with Crippen LogP contribution in [0.2, 0.25) is 0 Å². The summed E-state index contributed by atoms with van der Waals surface area (Å²) < 4.78 is 5.14. The molecule has 1 aliphatic carbocycles. The van der Waals surface area contributed by atoms with Crippen LogP contribution in [0.1, 0.15) is 6.42 Å². The van der Waals surface area contributed by atoms with Crippen molar-refractivity contribution in [3.05, 3.63) is 35.4 Å². The van der Waals surface area contributed by atoms with E-state index < -0.39 is 0 Å². The van der Waals surface area contributed by atoms with Crippen LogP contribution in [0.4, 0.5) is 0 Å². The molecule has 1 heterocycles. The molecule has 1 N–H and O–H groups in total. The standard InChI is InChI=1S/C10H11NO2/c1-13-8-2-3-10-9(4-8)7(6-12)5-11-10/h2-3,5-6,9,11H,4H2,1H3. The summed E-state index contributed by atoms with van der Waals surface area (Å²) in [7, 11) is 1.65. The highest BCUT2D eigenvalue weighted by Crippen LogP contribution is 2.32. The highest BCUT2D eigenvalue weighted by molar-refractivity contribution is 5.76. The summed E-state index contributed by atoms with van der Waals surface area (Å²) in [4.78, 5) is 10.7. The van der Waals surface area contributed by atoms with Gasteiger partial charge in [0.15, 0.2) is 0 Å². The van der Waals surface area contributed by atoms with Gasteiger partial charge in [-0.3, -0.25) is 4.79 Å². The molecule has 1 atom stereocenters. The fourth-order valence-corrected chi connectivity index (χ4v) is 1.66. The number of hydrogen-bond donors (Lipinski definition) is 1. The molecule has 3 nitrogen and oxygen atoms in total. The number of rotatable bonds is 2. The molecule has 0 fully saturated rings. The maximum absolute atomic E-state index is 10.7. The molecule has 0 aromatic heterocycles. The van der Waals surface area contributed by atoms with Crippen LogP contribution in [0.5, 0.6) is 0 Å². The van der Waals surface area contributed by atoms with Gasteiger partial charge < -0.3 is 10.1 Å². The van der Waals surface area contributed by atoms with Crippen molar-refractivity contribution in [3.63, 3.8) is 0 Å². The van der Waals surface area contributed by atoms with E-state index in [9.17, 15) is 4.79 Å². The minimum absolute atomic E-state index is 0.178. The van der Waals surface area contributed by atoms with Gasteiger partial charge in [-0.15, -0.1) is 0 Å². The Kier molecular flexibility index (Phi) is 1.93. The molecule has 13 heavy (non-hydrogen) atoms. The molecule has 0 aromatic rings. The van der Waals surface area contributed by atoms with Gasteiger partial charge in [0.25, 0.3) is 0 Å². The van der Waals surface area contributed by atoms with E-state index in [0.717, 1.165) is 29.7 Å². The molecule has 1 unspecified atom stereocenters. The van der Waals surface area contributed by atoms with E-state index in [1.54, 1.807) is 13.3 Å². The zero-order valence-electron chi connectivity index (χ0n) is 7.41. The summed E-state index contributed by atoms with van der Waals surface area (Å²) in [6.07, 6.45) is 7.33. The lowest BCUT2D eigenvalue weighted by Gasteiger charge is -2.18. The third-order valence-corrected chi connectivity index (χ3v) is 2.44. The Morgan fingerprint density at radius 1 is 1.62 bits per heavy atom. The average Bonchev–Trinajstić information content (AvgIpc) is 2.59. The van der Waals surface area contributed by atoms with E-state index in [1.807, 2.05) is 12.2 Å². The first kappa shape index (κ1) is 8.10. The molecule has 0 amide bonds. The first-order valence-electron chi connectivity index (χ1n) is 4.21. The molecule has 0 saturated heterocycles. The van der Waals surface area contributed by atoms with Crippen molar-refractivity contribution < 1.29 is 9.53 Å². The van der Waals surface area contributed by atoms with Crippen LogP contribution in [0.25, 0.3) is 0 Å². The summed E-state index contributed by atoms with van der Waals surface area (Å²) in [5, 5.41) is 3.07. The second kappa shape index (κ2) is 3.09. The van der Waals surface area contributed by atoms with Crippen LogP contribution >= 0.6 is 0 Å². The number of fused-ring (bicyclic) bond motifs is 1. The number of carbonyl (C=O) groups excluding carboxylic acids is 1. The van der Waals surface area contributed by atoms with Crippen LogP contribution in [0.15, 0.2) is 35.4 Å². The van der Waals surface area contributed by atoms with E-state index in [0.29, 0.717) is 0 Å².